The van der Waals surface area contributed by atoms with Crippen LogP contribution < -0.4 is 10.9 Å². The van der Waals surface area contributed by atoms with Gasteiger partial charge in [-0.15, -0.1) is 0 Å². The minimum Gasteiger partial charge on any atom is -0.354 e. The summed E-state index contributed by atoms with van der Waals surface area (Å²) in [6.07, 6.45) is 0.713. The maximum absolute atomic E-state index is 13.2. The van der Waals surface area contributed by atoms with Gasteiger partial charge in [0.15, 0.2) is 0 Å². The monoisotopic (exact) mass is 455 g/mol. The first-order valence-corrected chi connectivity index (χ1v) is 11.3. The molecule has 0 aliphatic rings. The van der Waals surface area contributed by atoms with E-state index in [-0.39, 0.29) is 23.2 Å². The highest BCUT2D eigenvalue weighted by atomic mass is 19.1. The molecule has 1 unspecified atom stereocenters. The van der Waals surface area contributed by atoms with Crippen molar-refractivity contribution in [2.24, 2.45) is 0 Å². The molecule has 6 heteroatoms. The van der Waals surface area contributed by atoms with Gasteiger partial charge in [-0.05, 0) is 54.8 Å². The molecule has 1 aromatic heterocycles. The van der Waals surface area contributed by atoms with Crippen LogP contribution in [0, 0.1) is 5.82 Å². The molecule has 1 atom stereocenters. The van der Waals surface area contributed by atoms with E-state index >= 15 is 0 Å². The quantitative estimate of drug-likeness (QED) is 0.409. The average Bonchev–Trinajstić information content (AvgIpc) is 2.88. The summed E-state index contributed by atoms with van der Waals surface area (Å²) in [7, 11) is 0. The number of nitrogens with zero attached hydrogens (tertiary/aromatic N) is 2. The van der Waals surface area contributed by atoms with Gasteiger partial charge >= 0.3 is 0 Å². The van der Waals surface area contributed by atoms with E-state index in [1.165, 1.54) is 34.0 Å². The lowest BCUT2D eigenvalue weighted by atomic mass is 9.88. The van der Waals surface area contributed by atoms with E-state index in [4.69, 9.17) is 0 Å². The summed E-state index contributed by atoms with van der Waals surface area (Å²) in [6.45, 7) is 2.09. The predicted octanol–water partition coefficient (Wildman–Crippen LogP) is 4.95. The van der Waals surface area contributed by atoms with Crippen LogP contribution in [0.1, 0.15) is 36.4 Å². The third kappa shape index (κ3) is 5.46. The number of carbonyl (C=O) groups excluding carboxylic acids is 1. The Kier molecular flexibility index (Phi) is 7.28. The molecule has 1 N–H and O–H groups in total. The molecular weight excluding hydrogens is 429 g/mol. The zero-order chi connectivity index (χ0) is 23.9. The lowest BCUT2D eigenvalue weighted by Crippen LogP contribution is -2.37. The fraction of sp³-hybridized carbons (Fsp3) is 0.179. The van der Waals surface area contributed by atoms with Gasteiger partial charge in [0.05, 0.1) is 5.69 Å². The first-order chi connectivity index (χ1) is 16.5. The van der Waals surface area contributed by atoms with Crippen molar-refractivity contribution in [3.05, 3.63) is 124 Å². The van der Waals surface area contributed by atoms with Crippen molar-refractivity contribution in [1.82, 2.24) is 15.1 Å². The van der Waals surface area contributed by atoms with Crippen LogP contribution in [0.15, 0.2) is 102 Å². The summed E-state index contributed by atoms with van der Waals surface area (Å²) >= 11 is 0. The minimum atomic E-state index is -0.792. The van der Waals surface area contributed by atoms with Crippen molar-refractivity contribution in [1.29, 1.82) is 0 Å². The number of carbonyl (C=O) groups is 1. The van der Waals surface area contributed by atoms with Gasteiger partial charge in [0.1, 0.15) is 11.9 Å². The molecule has 1 amide bonds. The number of aromatic nitrogens is 2. The lowest BCUT2D eigenvalue weighted by Gasteiger charge is -2.20. The van der Waals surface area contributed by atoms with Crippen molar-refractivity contribution in [3.63, 3.8) is 0 Å². The highest BCUT2D eigenvalue weighted by molar-refractivity contribution is 5.79. The molecule has 34 heavy (non-hydrogen) atoms. The highest BCUT2D eigenvalue weighted by Crippen LogP contribution is 2.27. The maximum Gasteiger partial charge on any atom is 0.267 e. The molecule has 4 aromatic rings. The Hall–Kier alpha value is -4.06. The fourth-order valence-electron chi connectivity index (χ4n) is 3.97. The molecule has 5 nitrogen and oxygen atoms in total. The van der Waals surface area contributed by atoms with Gasteiger partial charge in [0.2, 0.25) is 5.91 Å². The van der Waals surface area contributed by atoms with Gasteiger partial charge < -0.3 is 5.32 Å². The Morgan fingerprint density at radius 1 is 0.882 bits per heavy atom. The summed E-state index contributed by atoms with van der Waals surface area (Å²) in [5, 5.41) is 7.31. The van der Waals surface area contributed by atoms with E-state index in [1.54, 1.807) is 25.1 Å². The lowest BCUT2D eigenvalue weighted by molar-refractivity contribution is -0.124. The molecule has 1 heterocycles. The van der Waals surface area contributed by atoms with Gasteiger partial charge in [-0.2, -0.15) is 5.10 Å². The molecule has 0 saturated heterocycles. The summed E-state index contributed by atoms with van der Waals surface area (Å²) in [5.41, 5.74) is 3.14. The van der Waals surface area contributed by atoms with Gasteiger partial charge in [-0.3, -0.25) is 9.59 Å². The molecule has 4 rings (SSSR count). The van der Waals surface area contributed by atoms with Gasteiger partial charge in [0.25, 0.3) is 5.56 Å². The number of amides is 1. The van der Waals surface area contributed by atoms with E-state index in [2.05, 4.69) is 34.7 Å². The smallest absolute Gasteiger partial charge is 0.267 e. The Morgan fingerprint density at radius 3 is 2.06 bits per heavy atom. The Balaban J connectivity index is 1.46. The zero-order valence-corrected chi connectivity index (χ0v) is 18.9. The average molecular weight is 456 g/mol. The zero-order valence-electron chi connectivity index (χ0n) is 18.9. The Bertz CT molecular complexity index is 1250. The first kappa shape index (κ1) is 23.1. The predicted molar refractivity (Wildman–Crippen MR) is 131 cm³/mol. The molecule has 3 aromatic carbocycles. The van der Waals surface area contributed by atoms with Crippen LogP contribution in [0.2, 0.25) is 0 Å². The second-order valence-corrected chi connectivity index (χ2v) is 8.14. The van der Waals surface area contributed by atoms with E-state index < -0.39 is 6.04 Å². The molecule has 0 bridgehead atoms. The normalized spacial score (nSPS) is 11.9. The molecule has 0 aliphatic carbocycles. The highest BCUT2D eigenvalue weighted by Gasteiger charge is 2.19. The van der Waals surface area contributed by atoms with Crippen LogP contribution >= 0.6 is 0 Å². The molecule has 0 radical (unpaired) electrons. The fourth-order valence-corrected chi connectivity index (χ4v) is 3.97. The molecule has 0 aliphatic heterocycles. The van der Waals surface area contributed by atoms with Crippen molar-refractivity contribution in [2.75, 3.05) is 6.54 Å². The van der Waals surface area contributed by atoms with Crippen LogP contribution in [-0.4, -0.2) is 22.2 Å². The van der Waals surface area contributed by atoms with Crippen LogP contribution in [0.25, 0.3) is 11.3 Å². The second kappa shape index (κ2) is 10.7. The molecule has 0 saturated carbocycles. The van der Waals surface area contributed by atoms with Crippen molar-refractivity contribution in [2.45, 2.75) is 25.3 Å². The van der Waals surface area contributed by atoms with Crippen molar-refractivity contribution >= 4 is 5.91 Å². The van der Waals surface area contributed by atoms with E-state index in [0.717, 1.165) is 0 Å². The molecule has 0 fully saturated rings. The summed E-state index contributed by atoms with van der Waals surface area (Å²) in [5.74, 6) is -0.500. The number of nitrogens with one attached hydrogen (secondary N) is 1. The van der Waals surface area contributed by atoms with E-state index in [9.17, 15) is 14.0 Å². The maximum atomic E-state index is 13.2. The number of benzene rings is 3. The van der Waals surface area contributed by atoms with Gasteiger partial charge in [-0.25, -0.2) is 9.07 Å². The van der Waals surface area contributed by atoms with Gasteiger partial charge in [-0.1, -0.05) is 60.7 Å². The Morgan fingerprint density at radius 2 is 1.47 bits per heavy atom. The molecular formula is C28H26FN3O2. The number of rotatable bonds is 8. The number of halogens is 1. The third-order valence-electron chi connectivity index (χ3n) is 5.85. The topological polar surface area (TPSA) is 64.0 Å². The SMILES string of the molecule is CC(C(=O)NCCC(c1ccccc1)c1ccccc1)n1nc(-c2ccc(F)cc2)ccc1=O. The third-order valence-corrected chi connectivity index (χ3v) is 5.85. The summed E-state index contributed by atoms with van der Waals surface area (Å²) in [6, 6.07) is 28.4. The number of hydrogen-bond acceptors (Lipinski definition) is 3. The van der Waals surface area contributed by atoms with Crippen molar-refractivity contribution < 1.29 is 9.18 Å². The standard InChI is InChI=1S/C28H26FN3O2/c1-20(32-27(33)17-16-26(31-32)23-12-14-24(29)15-13-23)28(34)30-19-18-25(21-8-4-2-5-9-21)22-10-6-3-7-11-22/h2-17,20,25H,18-19H2,1H3,(H,30,34). The van der Waals surface area contributed by atoms with Crippen molar-refractivity contribution in [3.8, 4) is 11.3 Å². The first-order valence-electron chi connectivity index (χ1n) is 11.3. The molecule has 0 spiro atoms. The number of hydrogen-bond donors (Lipinski definition) is 1. The summed E-state index contributed by atoms with van der Waals surface area (Å²) < 4.78 is 14.4. The van der Waals surface area contributed by atoms with Crippen LogP contribution in [0.3, 0.4) is 0 Å². The van der Waals surface area contributed by atoms with Crippen LogP contribution in [0.4, 0.5) is 4.39 Å². The summed E-state index contributed by atoms with van der Waals surface area (Å²) in [4.78, 5) is 25.3. The van der Waals surface area contributed by atoms with Gasteiger partial charge in [0, 0.05) is 24.1 Å². The van der Waals surface area contributed by atoms with Crippen LogP contribution in [0.5, 0.6) is 0 Å². The second-order valence-electron chi connectivity index (χ2n) is 8.14. The van der Waals surface area contributed by atoms with Crippen LogP contribution in [-0.2, 0) is 4.79 Å². The van der Waals surface area contributed by atoms with E-state index in [1.807, 2.05) is 36.4 Å². The molecule has 172 valence electrons. The minimum absolute atomic E-state index is 0.139. The Labute approximate surface area is 197 Å². The largest absolute Gasteiger partial charge is 0.354 e. The van der Waals surface area contributed by atoms with E-state index in [0.29, 0.717) is 24.2 Å².